The molecule has 0 spiro atoms. The molecule has 5 nitrogen and oxygen atoms in total. The summed E-state index contributed by atoms with van der Waals surface area (Å²) in [7, 11) is -3.75. The number of carbonyl (C=O) groups is 1. The maximum absolute atomic E-state index is 12.8. The van der Waals surface area contributed by atoms with Gasteiger partial charge in [0.25, 0.3) is 10.0 Å². The second-order valence-electron chi connectivity index (χ2n) is 6.54. The molecule has 0 aromatic heterocycles. The largest absolute Gasteiger partial charge is 0.324 e. The molecule has 2 aromatic rings. The van der Waals surface area contributed by atoms with Crippen LogP contribution in [0, 0.1) is 20.8 Å². The van der Waals surface area contributed by atoms with E-state index in [1.807, 2.05) is 39.8 Å². The summed E-state index contributed by atoms with van der Waals surface area (Å²) >= 11 is 1.47. The topological polar surface area (TPSA) is 75.3 Å². The van der Waals surface area contributed by atoms with Gasteiger partial charge in [-0.2, -0.15) is 0 Å². The molecule has 1 atom stereocenters. The summed E-state index contributed by atoms with van der Waals surface area (Å²) in [6, 6.07) is 8.75. The molecule has 3 rings (SSSR count). The second-order valence-corrected chi connectivity index (χ2v) is 9.47. The van der Waals surface area contributed by atoms with Gasteiger partial charge in [0.15, 0.2) is 0 Å². The first-order valence-electron chi connectivity index (χ1n) is 8.43. The van der Waals surface area contributed by atoms with E-state index in [2.05, 4.69) is 10.0 Å². The summed E-state index contributed by atoms with van der Waals surface area (Å²) in [5, 5.41) is 2.68. The third-order valence-corrected chi connectivity index (χ3v) is 7.15. The van der Waals surface area contributed by atoms with Gasteiger partial charge < -0.3 is 5.32 Å². The number of rotatable bonds is 4. The van der Waals surface area contributed by atoms with Crippen LogP contribution >= 0.6 is 11.8 Å². The van der Waals surface area contributed by atoms with E-state index in [0.717, 1.165) is 28.0 Å². The highest BCUT2D eigenvalue weighted by Gasteiger charge is 2.27. The number of sulfonamides is 1. The molecule has 2 aromatic carbocycles. The Bertz CT molecular complexity index is 961. The van der Waals surface area contributed by atoms with Crippen molar-refractivity contribution in [2.24, 2.45) is 0 Å². The highest BCUT2D eigenvalue weighted by Crippen LogP contribution is 2.38. The fourth-order valence-corrected chi connectivity index (χ4v) is 5.35. The molecule has 0 unspecified atom stereocenters. The molecule has 7 heteroatoms. The average Bonchev–Trinajstić information content (AvgIpc) is 2.57. The van der Waals surface area contributed by atoms with Gasteiger partial charge in [-0.05, 0) is 56.5 Å². The number of benzene rings is 2. The van der Waals surface area contributed by atoms with Gasteiger partial charge in [0.2, 0.25) is 5.91 Å². The van der Waals surface area contributed by atoms with Gasteiger partial charge >= 0.3 is 0 Å². The summed E-state index contributed by atoms with van der Waals surface area (Å²) in [5.41, 5.74) is 3.97. The van der Waals surface area contributed by atoms with E-state index in [1.165, 1.54) is 17.8 Å². The van der Waals surface area contributed by atoms with Crippen molar-refractivity contribution in [1.82, 2.24) is 0 Å². The number of aryl methyl sites for hydroxylation is 3. The molecule has 1 aliphatic heterocycles. The van der Waals surface area contributed by atoms with Crippen LogP contribution in [0.2, 0.25) is 0 Å². The van der Waals surface area contributed by atoms with Crippen molar-refractivity contribution in [2.45, 2.75) is 49.2 Å². The molecule has 26 heavy (non-hydrogen) atoms. The first-order valence-corrected chi connectivity index (χ1v) is 10.8. The Morgan fingerprint density at radius 2 is 1.77 bits per heavy atom. The number of hydrogen-bond acceptors (Lipinski definition) is 4. The molecule has 0 aliphatic carbocycles. The van der Waals surface area contributed by atoms with Crippen LogP contribution in [0.15, 0.2) is 40.1 Å². The van der Waals surface area contributed by atoms with Crippen LogP contribution in [0.25, 0.3) is 0 Å². The third-order valence-electron chi connectivity index (χ3n) is 4.37. The highest BCUT2D eigenvalue weighted by molar-refractivity contribution is 8.01. The highest BCUT2D eigenvalue weighted by atomic mass is 32.2. The van der Waals surface area contributed by atoms with E-state index >= 15 is 0 Å². The van der Waals surface area contributed by atoms with Gasteiger partial charge in [-0.15, -0.1) is 11.8 Å². The number of fused-ring (bicyclic) bond motifs is 1. The summed E-state index contributed by atoms with van der Waals surface area (Å²) < 4.78 is 28.4. The molecule has 0 saturated carbocycles. The molecule has 0 radical (unpaired) electrons. The minimum Gasteiger partial charge on any atom is -0.324 e. The summed E-state index contributed by atoms with van der Waals surface area (Å²) in [5.74, 6) is -0.0854. The van der Waals surface area contributed by atoms with E-state index in [4.69, 9.17) is 0 Å². The van der Waals surface area contributed by atoms with Gasteiger partial charge in [0.1, 0.15) is 0 Å². The maximum atomic E-state index is 12.8. The Morgan fingerprint density at radius 3 is 2.38 bits per heavy atom. The SMILES string of the molecule is CC[C@H]1Sc2ccc(S(=O)(=O)Nc3c(C)cc(C)cc3C)cc2NC1=O. The quantitative estimate of drug-likeness (QED) is 0.819. The Hall–Kier alpha value is -1.99. The van der Waals surface area contributed by atoms with Crippen LogP contribution in [0.3, 0.4) is 0 Å². The fourth-order valence-electron chi connectivity index (χ4n) is 3.10. The smallest absolute Gasteiger partial charge is 0.261 e. The van der Waals surface area contributed by atoms with Crippen LogP contribution in [-0.4, -0.2) is 19.6 Å². The number of amides is 1. The van der Waals surface area contributed by atoms with E-state index in [9.17, 15) is 13.2 Å². The fraction of sp³-hybridized carbons (Fsp3) is 0.316. The molecule has 0 bridgehead atoms. The van der Waals surface area contributed by atoms with E-state index in [0.29, 0.717) is 11.4 Å². The van der Waals surface area contributed by atoms with Gasteiger partial charge in [-0.25, -0.2) is 8.42 Å². The molecule has 1 amide bonds. The first-order chi connectivity index (χ1) is 12.2. The minimum absolute atomic E-state index is 0.0854. The average molecular weight is 391 g/mol. The molecule has 1 aliphatic rings. The number of carbonyl (C=O) groups excluding carboxylic acids is 1. The number of hydrogen-bond donors (Lipinski definition) is 2. The van der Waals surface area contributed by atoms with Crippen molar-refractivity contribution < 1.29 is 13.2 Å². The lowest BCUT2D eigenvalue weighted by Crippen LogP contribution is -2.28. The van der Waals surface area contributed by atoms with Crippen molar-refractivity contribution >= 4 is 39.1 Å². The lowest BCUT2D eigenvalue weighted by Gasteiger charge is -2.23. The van der Waals surface area contributed by atoms with Crippen molar-refractivity contribution in [3.05, 3.63) is 47.0 Å². The van der Waals surface area contributed by atoms with Crippen LogP contribution in [-0.2, 0) is 14.8 Å². The van der Waals surface area contributed by atoms with Gasteiger partial charge in [-0.3, -0.25) is 9.52 Å². The second kappa shape index (κ2) is 6.96. The van der Waals surface area contributed by atoms with Crippen LogP contribution in [0.1, 0.15) is 30.0 Å². The number of thioether (sulfide) groups is 1. The molecule has 0 fully saturated rings. The number of anilines is 2. The van der Waals surface area contributed by atoms with Crippen LogP contribution < -0.4 is 10.0 Å². The van der Waals surface area contributed by atoms with Gasteiger partial charge in [0.05, 0.1) is 21.5 Å². The molecular weight excluding hydrogens is 368 g/mol. The predicted molar refractivity (Wildman–Crippen MR) is 106 cm³/mol. The standard InChI is InChI=1S/C19H22N2O3S2/c1-5-16-19(22)20-15-10-14(6-7-17(15)25-16)26(23,24)21-18-12(3)8-11(2)9-13(18)4/h6-10,16,21H,5H2,1-4H3,(H,20,22)/t16-/m1/s1. The van der Waals surface area contributed by atoms with Crippen molar-refractivity contribution in [3.8, 4) is 0 Å². The van der Waals surface area contributed by atoms with Crippen molar-refractivity contribution in [1.29, 1.82) is 0 Å². The molecule has 1 heterocycles. The van der Waals surface area contributed by atoms with E-state index in [-0.39, 0.29) is 16.1 Å². The molecule has 2 N–H and O–H groups in total. The lowest BCUT2D eigenvalue weighted by molar-refractivity contribution is -0.115. The molecular formula is C19H22N2O3S2. The normalized spacial score (nSPS) is 16.8. The third kappa shape index (κ3) is 3.59. The Labute approximate surface area is 158 Å². The predicted octanol–water partition coefficient (Wildman–Crippen LogP) is 4.24. The minimum atomic E-state index is -3.75. The molecule has 0 saturated heterocycles. The zero-order chi connectivity index (χ0) is 19.1. The van der Waals surface area contributed by atoms with Gasteiger partial charge in [0, 0.05) is 4.90 Å². The van der Waals surface area contributed by atoms with Gasteiger partial charge in [-0.1, -0.05) is 24.6 Å². The van der Waals surface area contributed by atoms with E-state index < -0.39 is 10.0 Å². The molecule has 138 valence electrons. The Morgan fingerprint density at radius 1 is 1.12 bits per heavy atom. The summed E-state index contributed by atoms with van der Waals surface area (Å²) in [6.45, 7) is 7.70. The number of nitrogens with one attached hydrogen (secondary N) is 2. The van der Waals surface area contributed by atoms with Crippen molar-refractivity contribution in [3.63, 3.8) is 0 Å². The summed E-state index contributed by atoms with van der Waals surface area (Å²) in [6.07, 6.45) is 0.726. The monoisotopic (exact) mass is 390 g/mol. The van der Waals surface area contributed by atoms with Crippen molar-refractivity contribution in [2.75, 3.05) is 10.0 Å². The summed E-state index contributed by atoms with van der Waals surface area (Å²) in [4.78, 5) is 13.1. The zero-order valence-electron chi connectivity index (χ0n) is 15.2. The Balaban J connectivity index is 1.94. The zero-order valence-corrected chi connectivity index (χ0v) is 16.8. The lowest BCUT2D eigenvalue weighted by atomic mass is 10.1. The van der Waals surface area contributed by atoms with E-state index in [1.54, 1.807) is 12.1 Å². The van der Waals surface area contributed by atoms with Crippen LogP contribution in [0.4, 0.5) is 11.4 Å². The maximum Gasteiger partial charge on any atom is 0.261 e. The Kier molecular flexibility index (Phi) is 5.03. The van der Waals surface area contributed by atoms with Crippen LogP contribution in [0.5, 0.6) is 0 Å². The first kappa shape index (κ1) is 18.8.